The van der Waals surface area contributed by atoms with Gasteiger partial charge in [0.25, 0.3) is 0 Å². The van der Waals surface area contributed by atoms with Gasteiger partial charge in [0.2, 0.25) is 10.0 Å². The van der Waals surface area contributed by atoms with Gasteiger partial charge in [-0.05, 0) is 31.5 Å². The summed E-state index contributed by atoms with van der Waals surface area (Å²) in [4.78, 5) is 2.55. The summed E-state index contributed by atoms with van der Waals surface area (Å²) >= 11 is 0. The highest BCUT2D eigenvalue weighted by Gasteiger charge is 2.25. The Balaban J connectivity index is 1.76. The summed E-state index contributed by atoms with van der Waals surface area (Å²) in [6.45, 7) is 2.38. The van der Waals surface area contributed by atoms with Crippen molar-refractivity contribution < 1.29 is 8.42 Å². The van der Waals surface area contributed by atoms with Gasteiger partial charge in [0, 0.05) is 25.8 Å². The Morgan fingerprint density at radius 3 is 2.52 bits per heavy atom. The summed E-state index contributed by atoms with van der Waals surface area (Å²) in [7, 11) is -1.83. The van der Waals surface area contributed by atoms with E-state index in [1.807, 2.05) is 18.2 Å². The lowest BCUT2D eigenvalue weighted by atomic mass is 10.1. The minimum Gasteiger partial charge on any atom is -0.295 e. The molecule has 1 N–H and O–H groups in total. The molecule has 2 aromatic rings. The Kier molecular flexibility index (Phi) is 4.79. The van der Waals surface area contributed by atoms with Crippen LogP contribution in [0.2, 0.25) is 0 Å². The maximum Gasteiger partial charge on any atom is 0.243 e. The summed E-state index contributed by atoms with van der Waals surface area (Å²) in [5.74, 6) is 0. The van der Waals surface area contributed by atoms with Gasteiger partial charge in [0.1, 0.15) is 4.90 Å². The molecule has 1 aliphatic heterocycles. The minimum atomic E-state index is -3.53. The van der Waals surface area contributed by atoms with Crippen LogP contribution in [0.4, 0.5) is 0 Å². The van der Waals surface area contributed by atoms with Crippen LogP contribution in [0.25, 0.3) is 0 Å². The first-order valence-electron chi connectivity index (χ1n) is 7.83. The van der Waals surface area contributed by atoms with Crippen LogP contribution in [0.5, 0.6) is 0 Å². The van der Waals surface area contributed by atoms with E-state index in [0.29, 0.717) is 6.54 Å². The number of nitrogens with zero attached hydrogens (tertiary/aromatic N) is 3. The smallest absolute Gasteiger partial charge is 0.243 e. The number of hydrogen-bond donors (Lipinski definition) is 1. The maximum absolute atomic E-state index is 12.4. The van der Waals surface area contributed by atoms with Gasteiger partial charge < -0.3 is 0 Å². The summed E-state index contributed by atoms with van der Waals surface area (Å²) in [5, 5.41) is 3.93. The van der Waals surface area contributed by atoms with Crippen molar-refractivity contribution in [1.29, 1.82) is 0 Å². The number of likely N-dealkylation sites (tertiary alicyclic amines) is 1. The number of hydrogen-bond acceptors (Lipinski definition) is 4. The topological polar surface area (TPSA) is 67.2 Å². The van der Waals surface area contributed by atoms with Crippen molar-refractivity contribution in [2.45, 2.75) is 23.8 Å². The highest BCUT2D eigenvalue weighted by Crippen LogP contribution is 2.24. The van der Waals surface area contributed by atoms with Crippen LogP contribution in [0.15, 0.2) is 47.6 Å². The van der Waals surface area contributed by atoms with Gasteiger partial charge in [-0.15, -0.1) is 0 Å². The van der Waals surface area contributed by atoms with E-state index >= 15 is 0 Å². The fourth-order valence-electron chi connectivity index (χ4n) is 3.00. The molecule has 1 fully saturated rings. The molecule has 0 radical (unpaired) electrons. The van der Waals surface area contributed by atoms with Crippen LogP contribution in [-0.2, 0) is 17.1 Å². The second-order valence-electron chi connectivity index (χ2n) is 5.87. The molecule has 0 saturated carbocycles. The molecule has 1 atom stereocenters. The predicted molar refractivity (Wildman–Crippen MR) is 88.4 cm³/mol. The number of rotatable bonds is 6. The number of aromatic nitrogens is 2. The average Bonchev–Trinajstić information content (AvgIpc) is 3.20. The van der Waals surface area contributed by atoms with Gasteiger partial charge in [0.05, 0.1) is 6.20 Å². The molecule has 2 heterocycles. The Hall–Kier alpha value is -1.70. The molecule has 1 aromatic heterocycles. The highest BCUT2D eigenvalue weighted by atomic mass is 32.2. The van der Waals surface area contributed by atoms with Crippen molar-refractivity contribution in [3.63, 3.8) is 0 Å². The van der Waals surface area contributed by atoms with Crippen molar-refractivity contribution in [2.24, 2.45) is 7.05 Å². The third-order valence-corrected chi connectivity index (χ3v) is 5.60. The zero-order valence-electron chi connectivity index (χ0n) is 13.2. The largest absolute Gasteiger partial charge is 0.295 e. The lowest BCUT2D eigenvalue weighted by molar-refractivity contribution is 0.246. The van der Waals surface area contributed by atoms with Crippen molar-refractivity contribution >= 4 is 10.0 Å². The molecular formula is C16H22N4O2S. The second-order valence-corrected chi connectivity index (χ2v) is 7.64. The number of sulfonamides is 1. The van der Waals surface area contributed by atoms with Crippen LogP contribution in [0.3, 0.4) is 0 Å². The molecule has 1 aromatic carbocycles. The van der Waals surface area contributed by atoms with E-state index in [-0.39, 0.29) is 10.9 Å². The summed E-state index contributed by atoms with van der Waals surface area (Å²) in [6.07, 6.45) is 5.21. The average molecular weight is 334 g/mol. The summed E-state index contributed by atoms with van der Waals surface area (Å²) < 4.78 is 29.1. The van der Waals surface area contributed by atoms with Gasteiger partial charge >= 0.3 is 0 Å². The van der Waals surface area contributed by atoms with E-state index in [4.69, 9.17) is 0 Å². The fourth-order valence-corrected chi connectivity index (χ4v) is 4.02. The van der Waals surface area contributed by atoms with Gasteiger partial charge in [-0.3, -0.25) is 9.58 Å². The highest BCUT2D eigenvalue weighted by molar-refractivity contribution is 7.89. The molecule has 1 aliphatic rings. The first kappa shape index (κ1) is 16.2. The van der Waals surface area contributed by atoms with E-state index < -0.39 is 10.0 Å². The van der Waals surface area contributed by atoms with Crippen molar-refractivity contribution in [3.05, 3.63) is 48.3 Å². The van der Waals surface area contributed by atoms with Crippen LogP contribution in [0.1, 0.15) is 24.4 Å². The Morgan fingerprint density at radius 1 is 1.22 bits per heavy atom. The lowest BCUT2D eigenvalue weighted by Crippen LogP contribution is -2.36. The Morgan fingerprint density at radius 2 is 1.91 bits per heavy atom. The van der Waals surface area contributed by atoms with Crippen molar-refractivity contribution in [3.8, 4) is 0 Å². The number of benzene rings is 1. The van der Waals surface area contributed by atoms with Gasteiger partial charge in [-0.25, -0.2) is 13.1 Å². The third kappa shape index (κ3) is 3.80. The van der Waals surface area contributed by atoms with Crippen LogP contribution in [0, 0.1) is 0 Å². The fraction of sp³-hybridized carbons (Fsp3) is 0.438. The molecule has 0 amide bonds. The van der Waals surface area contributed by atoms with Crippen LogP contribution in [-0.4, -0.2) is 42.7 Å². The molecule has 124 valence electrons. The van der Waals surface area contributed by atoms with Gasteiger partial charge in [-0.1, -0.05) is 30.3 Å². The molecule has 0 spiro atoms. The molecular weight excluding hydrogens is 312 g/mol. The van der Waals surface area contributed by atoms with Gasteiger partial charge in [-0.2, -0.15) is 5.10 Å². The minimum absolute atomic E-state index is 0.0603. The van der Waals surface area contributed by atoms with E-state index in [2.05, 4.69) is 26.9 Å². The standard InChI is InChI=1S/C16H22N4O2S/c1-19-13-15(11-17-19)23(21,22)18-12-16(20-9-5-6-10-20)14-7-3-2-4-8-14/h2-4,7-8,11,13,16,18H,5-6,9-10,12H2,1H3/t16-/m0/s1. The molecule has 0 bridgehead atoms. The molecule has 1 saturated heterocycles. The molecule has 7 heteroatoms. The maximum atomic E-state index is 12.4. The van der Waals surface area contributed by atoms with E-state index in [9.17, 15) is 8.42 Å². The van der Waals surface area contributed by atoms with Gasteiger partial charge in [0.15, 0.2) is 0 Å². The molecule has 6 nitrogen and oxygen atoms in total. The normalized spacial score (nSPS) is 17.4. The van der Waals surface area contributed by atoms with Crippen LogP contribution < -0.4 is 4.72 Å². The first-order valence-corrected chi connectivity index (χ1v) is 9.32. The molecule has 23 heavy (non-hydrogen) atoms. The van der Waals surface area contributed by atoms with Crippen molar-refractivity contribution in [1.82, 2.24) is 19.4 Å². The predicted octanol–water partition coefficient (Wildman–Crippen LogP) is 1.54. The number of nitrogens with one attached hydrogen (secondary N) is 1. The molecule has 0 unspecified atom stereocenters. The van der Waals surface area contributed by atoms with E-state index in [1.165, 1.54) is 29.9 Å². The van der Waals surface area contributed by atoms with E-state index in [0.717, 1.165) is 18.7 Å². The van der Waals surface area contributed by atoms with Crippen molar-refractivity contribution in [2.75, 3.05) is 19.6 Å². The summed E-state index contributed by atoms with van der Waals surface area (Å²) in [6, 6.07) is 10.1. The first-order chi connectivity index (χ1) is 11.1. The van der Waals surface area contributed by atoms with Crippen LogP contribution >= 0.6 is 0 Å². The monoisotopic (exact) mass is 334 g/mol. The second kappa shape index (κ2) is 6.82. The quantitative estimate of drug-likeness (QED) is 0.870. The Labute approximate surface area is 137 Å². The zero-order valence-corrected chi connectivity index (χ0v) is 14.0. The Bertz CT molecular complexity index is 736. The summed E-state index contributed by atoms with van der Waals surface area (Å²) in [5.41, 5.74) is 1.14. The zero-order chi connectivity index (χ0) is 16.3. The third-order valence-electron chi connectivity index (χ3n) is 4.22. The van der Waals surface area contributed by atoms with E-state index in [1.54, 1.807) is 7.05 Å². The molecule has 0 aliphatic carbocycles. The SMILES string of the molecule is Cn1cc(S(=O)(=O)NC[C@@H](c2ccccc2)N2CCCC2)cn1. The number of aryl methyl sites for hydroxylation is 1. The molecule has 3 rings (SSSR count). The lowest BCUT2D eigenvalue weighted by Gasteiger charge is -2.28.